The van der Waals surface area contributed by atoms with Crippen molar-refractivity contribution in [2.24, 2.45) is 10.7 Å². The lowest BCUT2D eigenvalue weighted by atomic mass is 10.1. The third-order valence-electron chi connectivity index (χ3n) is 3.80. The van der Waals surface area contributed by atoms with Gasteiger partial charge in [0, 0.05) is 17.6 Å². The normalized spacial score (nSPS) is 17.8. The Morgan fingerprint density at radius 1 is 1.35 bits per heavy atom. The van der Waals surface area contributed by atoms with Gasteiger partial charge in [-0.3, -0.25) is 14.5 Å². The van der Waals surface area contributed by atoms with Gasteiger partial charge in [-0.05, 0) is 32.4 Å². The molecule has 0 aromatic heterocycles. The summed E-state index contributed by atoms with van der Waals surface area (Å²) in [5.74, 6) is -0.0260. The van der Waals surface area contributed by atoms with Crippen LogP contribution in [-0.2, 0) is 14.8 Å². The molecule has 7 nitrogen and oxygen atoms in total. The number of nitrogens with zero attached hydrogens (tertiary/aromatic N) is 1. The van der Waals surface area contributed by atoms with Crippen molar-refractivity contribution >= 4 is 34.2 Å². The van der Waals surface area contributed by atoms with E-state index in [0.29, 0.717) is 18.5 Å². The van der Waals surface area contributed by atoms with E-state index >= 15 is 0 Å². The van der Waals surface area contributed by atoms with Gasteiger partial charge in [0.15, 0.2) is 0 Å². The van der Waals surface area contributed by atoms with Crippen molar-refractivity contribution in [3.05, 3.63) is 29.8 Å². The molecule has 0 bridgehead atoms. The quantitative estimate of drug-likeness (QED) is 0.642. The number of unbranched alkanes of at least 4 members (excludes halogenated alkanes) is 1. The molecule has 0 fully saturated rings. The van der Waals surface area contributed by atoms with Crippen LogP contribution in [0.25, 0.3) is 0 Å². The summed E-state index contributed by atoms with van der Waals surface area (Å²) in [5, 5.41) is 2.80. The van der Waals surface area contributed by atoms with E-state index in [0.717, 1.165) is 12.8 Å². The topological polar surface area (TPSA) is 114 Å². The number of rotatable bonds is 7. The van der Waals surface area contributed by atoms with Crippen LogP contribution in [0.5, 0.6) is 0 Å². The zero-order valence-corrected chi connectivity index (χ0v) is 16.9. The summed E-state index contributed by atoms with van der Waals surface area (Å²) < 4.78 is 26.8. The van der Waals surface area contributed by atoms with Crippen molar-refractivity contribution in [1.82, 2.24) is 10.0 Å². The van der Waals surface area contributed by atoms with Crippen LogP contribution in [0.2, 0.25) is 0 Å². The lowest BCUT2D eigenvalue weighted by Crippen LogP contribution is -2.47. The highest BCUT2D eigenvalue weighted by Gasteiger charge is 2.31. The molecule has 0 saturated carbocycles. The number of benzene rings is 1. The first-order chi connectivity index (χ1) is 11.6. The smallest absolute Gasteiger partial charge is 0.263 e. The van der Waals surface area contributed by atoms with Crippen LogP contribution in [0.3, 0.4) is 0 Å². The Morgan fingerprint density at radius 3 is 2.62 bits per heavy atom. The number of nitrogens with two attached hydrogens (primary N) is 1. The number of carbonyl (C=O) groups is 1. The van der Waals surface area contributed by atoms with Crippen molar-refractivity contribution in [3.8, 4) is 0 Å². The van der Waals surface area contributed by atoms with Gasteiger partial charge in [0.1, 0.15) is 11.9 Å². The number of hydrogen-bond donors (Lipinski definition) is 3. The second kappa shape index (κ2) is 8.83. The Bertz CT molecular complexity index is 772. The van der Waals surface area contributed by atoms with Crippen LogP contribution in [0.4, 0.5) is 0 Å². The summed E-state index contributed by atoms with van der Waals surface area (Å²) in [7, 11) is -3.61. The predicted molar refractivity (Wildman–Crippen MR) is 105 cm³/mol. The van der Waals surface area contributed by atoms with Gasteiger partial charge in [0.2, 0.25) is 5.91 Å². The third-order valence-corrected chi connectivity index (χ3v) is 5.20. The summed E-state index contributed by atoms with van der Waals surface area (Å²) >= 11 is 0. The standard InChI is InChI=1S/C17H26N4O3S.ClH/c1-4-5-9-13(16(22)19-11-17(2,3)18)20-15-12-8-6-7-10-14(12)25(23,24)21-15;/h6-8,10,13H,4-5,9,11,18H2,1-3H3,(H,19,22)(H,20,21);1H. The maximum atomic E-state index is 12.5. The molecule has 1 aromatic rings. The van der Waals surface area contributed by atoms with Gasteiger partial charge in [0.25, 0.3) is 10.0 Å². The van der Waals surface area contributed by atoms with Gasteiger partial charge in [0.05, 0.1) is 4.90 Å². The van der Waals surface area contributed by atoms with Gasteiger partial charge in [-0.15, -0.1) is 12.4 Å². The molecule has 2 rings (SSSR count). The molecule has 0 radical (unpaired) electrons. The second-order valence-electron chi connectivity index (χ2n) is 6.94. The number of halogens is 1. The molecule has 1 aliphatic rings. The van der Waals surface area contributed by atoms with Gasteiger partial charge in [-0.2, -0.15) is 0 Å². The minimum absolute atomic E-state index is 0. The fourth-order valence-corrected chi connectivity index (χ4v) is 3.71. The van der Waals surface area contributed by atoms with Crippen molar-refractivity contribution in [1.29, 1.82) is 0 Å². The van der Waals surface area contributed by atoms with Crippen molar-refractivity contribution in [3.63, 3.8) is 0 Å². The molecule has 1 aliphatic heterocycles. The van der Waals surface area contributed by atoms with Crippen molar-refractivity contribution < 1.29 is 13.2 Å². The minimum Gasteiger partial charge on any atom is -0.352 e. The fourth-order valence-electron chi connectivity index (χ4n) is 2.47. The first-order valence-electron chi connectivity index (χ1n) is 8.40. The van der Waals surface area contributed by atoms with Crippen LogP contribution in [0.1, 0.15) is 45.6 Å². The molecule has 0 saturated heterocycles. The summed E-state index contributed by atoms with van der Waals surface area (Å²) in [6, 6.07) is 5.95. The number of amides is 1. The Hall–Kier alpha value is -1.64. The molecule has 1 amide bonds. The van der Waals surface area contributed by atoms with E-state index in [1.54, 1.807) is 18.2 Å². The van der Waals surface area contributed by atoms with Crippen LogP contribution >= 0.6 is 12.4 Å². The molecule has 0 aliphatic carbocycles. The SMILES string of the molecule is CCCCC(N=C1NS(=O)(=O)c2ccccc21)C(=O)NCC(C)(C)N.Cl. The lowest BCUT2D eigenvalue weighted by molar-refractivity contribution is -0.122. The monoisotopic (exact) mass is 402 g/mol. The van der Waals surface area contributed by atoms with Gasteiger partial charge >= 0.3 is 0 Å². The largest absolute Gasteiger partial charge is 0.352 e. The van der Waals surface area contributed by atoms with Crippen LogP contribution in [0, 0.1) is 0 Å². The number of nitrogens with one attached hydrogen (secondary N) is 2. The maximum absolute atomic E-state index is 12.5. The maximum Gasteiger partial charge on any atom is 0.263 e. The highest BCUT2D eigenvalue weighted by Crippen LogP contribution is 2.23. The molecular formula is C17H27ClN4O3S. The van der Waals surface area contributed by atoms with E-state index in [9.17, 15) is 13.2 Å². The van der Waals surface area contributed by atoms with Gasteiger partial charge in [-0.1, -0.05) is 31.9 Å². The average Bonchev–Trinajstić information content (AvgIpc) is 2.79. The minimum atomic E-state index is -3.61. The molecule has 1 unspecified atom stereocenters. The molecular weight excluding hydrogens is 376 g/mol. The van der Waals surface area contributed by atoms with E-state index < -0.39 is 21.6 Å². The molecule has 26 heavy (non-hydrogen) atoms. The van der Waals surface area contributed by atoms with E-state index in [-0.39, 0.29) is 29.0 Å². The fraction of sp³-hybridized carbons (Fsp3) is 0.529. The first kappa shape index (κ1) is 22.4. The van der Waals surface area contributed by atoms with E-state index in [1.807, 2.05) is 20.8 Å². The van der Waals surface area contributed by atoms with Gasteiger partial charge < -0.3 is 11.1 Å². The Labute approximate surface area is 161 Å². The molecule has 4 N–H and O–H groups in total. The number of fused-ring (bicyclic) bond motifs is 1. The number of aliphatic imine (C=N–C) groups is 1. The van der Waals surface area contributed by atoms with Crippen LogP contribution < -0.4 is 15.8 Å². The zero-order chi connectivity index (χ0) is 18.7. The molecule has 0 spiro atoms. The Morgan fingerprint density at radius 2 is 2.00 bits per heavy atom. The van der Waals surface area contributed by atoms with Crippen LogP contribution in [-0.4, -0.2) is 38.3 Å². The second-order valence-corrected chi connectivity index (χ2v) is 8.59. The molecule has 1 atom stereocenters. The molecule has 9 heteroatoms. The number of carbonyl (C=O) groups excluding carboxylic acids is 1. The van der Waals surface area contributed by atoms with E-state index in [2.05, 4.69) is 15.0 Å². The zero-order valence-electron chi connectivity index (χ0n) is 15.3. The van der Waals surface area contributed by atoms with E-state index in [1.165, 1.54) is 6.07 Å². The number of sulfonamides is 1. The van der Waals surface area contributed by atoms with Crippen LogP contribution in [0.15, 0.2) is 34.2 Å². The molecule has 146 valence electrons. The Balaban J connectivity index is 0.00000338. The highest BCUT2D eigenvalue weighted by molar-refractivity contribution is 7.90. The Kier molecular flexibility index (Phi) is 7.61. The number of amidine groups is 1. The summed E-state index contributed by atoms with van der Waals surface area (Å²) in [6.45, 7) is 5.99. The molecule has 1 aromatic carbocycles. The van der Waals surface area contributed by atoms with Gasteiger partial charge in [-0.25, -0.2) is 8.42 Å². The summed E-state index contributed by atoms with van der Waals surface area (Å²) in [5.41, 5.74) is 5.87. The van der Waals surface area contributed by atoms with E-state index in [4.69, 9.17) is 5.73 Å². The third kappa shape index (κ3) is 5.69. The van der Waals surface area contributed by atoms with Crippen molar-refractivity contribution in [2.75, 3.05) is 6.54 Å². The lowest BCUT2D eigenvalue weighted by Gasteiger charge is -2.21. The first-order valence-corrected chi connectivity index (χ1v) is 9.89. The predicted octanol–water partition coefficient (Wildman–Crippen LogP) is 1.56. The summed E-state index contributed by atoms with van der Waals surface area (Å²) in [6.07, 6.45) is 2.27. The van der Waals surface area contributed by atoms with Crippen molar-refractivity contribution in [2.45, 2.75) is 56.5 Å². The molecule has 1 heterocycles. The number of hydrogen-bond acceptors (Lipinski definition) is 5. The average molecular weight is 403 g/mol. The highest BCUT2D eigenvalue weighted by atomic mass is 35.5. The summed E-state index contributed by atoms with van der Waals surface area (Å²) in [4.78, 5) is 17.1.